The van der Waals surface area contributed by atoms with Crippen molar-refractivity contribution in [1.82, 2.24) is 24.7 Å². The van der Waals surface area contributed by atoms with Crippen molar-refractivity contribution < 1.29 is 0 Å². The highest BCUT2D eigenvalue weighted by Crippen LogP contribution is 2.27. The van der Waals surface area contributed by atoms with Crippen molar-refractivity contribution in [2.45, 2.75) is 68.4 Å². The van der Waals surface area contributed by atoms with Gasteiger partial charge in [-0.15, -0.1) is 10.2 Å². The van der Waals surface area contributed by atoms with E-state index in [0.717, 1.165) is 46.9 Å². The molecule has 0 N–H and O–H groups in total. The predicted molar refractivity (Wildman–Crippen MR) is 117 cm³/mol. The van der Waals surface area contributed by atoms with E-state index in [0.29, 0.717) is 11.0 Å². The molecule has 1 unspecified atom stereocenters. The molecule has 0 saturated carbocycles. The number of rotatable bonds is 9. The van der Waals surface area contributed by atoms with Crippen LogP contribution in [0.1, 0.15) is 43.0 Å². The summed E-state index contributed by atoms with van der Waals surface area (Å²) in [4.78, 5) is 9.06. The fourth-order valence-electron chi connectivity index (χ4n) is 2.77. The van der Waals surface area contributed by atoms with Gasteiger partial charge in [-0.2, -0.15) is 0 Å². The van der Waals surface area contributed by atoms with E-state index in [1.807, 2.05) is 19.9 Å². The standard InChI is InChI=1S/C21H27N5S2/c1-5-17(4)28-21-25-24-19(14-27-20-22-15(2)13-16(3)23-20)26(21)12-11-18-9-7-6-8-10-18/h6-10,13,17H,5,11-12,14H2,1-4H3. The van der Waals surface area contributed by atoms with Crippen molar-refractivity contribution in [2.75, 3.05) is 0 Å². The van der Waals surface area contributed by atoms with Crippen LogP contribution in [0, 0.1) is 13.8 Å². The van der Waals surface area contributed by atoms with Crippen LogP contribution in [-0.4, -0.2) is 30.0 Å². The first-order valence-corrected chi connectivity index (χ1v) is 11.5. The van der Waals surface area contributed by atoms with Crippen molar-refractivity contribution in [3.8, 4) is 0 Å². The van der Waals surface area contributed by atoms with Gasteiger partial charge in [-0.05, 0) is 38.3 Å². The van der Waals surface area contributed by atoms with E-state index in [1.54, 1.807) is 23.5 Å². The molecule has 7 heteroatoms. The SMILES string of the molecule is CCC(C)Sc1nnc(CSc2nc(C)cc(C)n2)n1CCc1ccccc1. The van der Waals surface area contributed by atoms with Crippen LogP contribution in [0.5, 0.6) is 0 Å². The average Bonchev–Trinajstić information content (AvgIpc) is 3.06. The Morgan fingerprint density at radius 2 is 1.75 bits per heavy atom. The molecule has 0 aliphatic heterocycles. The molecule has 0 aliphatic rings. The Balaban J connectivity index is 1.76. The van der Waals surface area contributed by atoms with Crippen LogP contribution < -0.4 is 0 Å². The topological polar surface area (TPSA) is 56.5 Å². The van der Waals surface area contributed by atoms with Crippen molar-refractivity contribution in [1.29, 1.82) is 0 Å². The number of hydrogen-bond acceptors (Lipinski definition) is 6. The third-order valence-corrected chi connectivity index (χ3v) is 6.53. The summed E-state index contributed by atoms with van der Waals surface area (Å²) in [5, 5.41) is 11.3. The van der Waals surface area contributed by atoms with Crippen molar-refractivity contribution >= 4 is 23.5 Å². The van der Waals surface area contributed by atoms with Gasteiger partial charge in [0.2, 0.25) is 0 Å². The van der Waals surface area contributed by atoms with E-state index < -0.39 is 0 Å². The van der Waals surface area contributed by atoms with E-state index >= 15 is 0 Å². The summed E-state index contributed by atoms with van der Waals surface area (Å²) in [6, 6.07) is 12.6. The van der Waals surface area contributed by atoms with E-state index in [1.165, 1.54) is 5.56 Å². The van der Waals surface area contributed by atoms with Crippen LogP contribution in [0.4, 0.5) is 0 Å². The molecule has 1 atom stereocenters. The van der Waals surface area contributed by atoms with Crippen LogP contribution in [0.2, 0.25) is 0 Å². The first-order valence-electron chi connectivity index (χ1n) is 9.63. The van der Waals surface area contributed by atoms with Crippen molar-refractivity contribution in [2.24, 2.45) is 0 Å². The average molecular weight is 414 g/mol. The molecule has 1 aromatic carbocycles. The minimum absolute atomic E-state index is 0.517. The molecule has 2 aromatic heterocycles. The maximum Gasteiger partial charge on any atom is 0.191 e. The van der Waals surface area contributed by atoms with Crippen LogP contribution in [0.3, 0.4) is 0 Å². The van der Waals surface area contributed by atoms with E-state index in [-0.39, 0.29) is 0 Å². The van der Waals surface area contributed by atoms with Gasteiger partial charge in [0, 0.05) is 23.2 Å². The third-order valence-electron chi connectivity index (χ3n) is 4.43. The van der Waals surface area contributed by atoms with Gasteiger partial charge in [0.05, 0.1) is 5.75 Å². The van der Waals surface area contributed by atoms with Crippen LogP contribution >= 0.6 is 23.5 Å². The Morgan fingerprint density at radius 3 is 2.43 bits per heavy atom. The second-order valence-corrected chi connectivity index (χ2v) is 9.19. The molecule has 0 spiro atoms. The maximum absolute atomic E-state index is 4.53. The van der Waals surface area contributed by atoms with Crippen molar-refractivity contribution in [3.63, 3.8) is 0 Å². The zero-order valence-electron chi connectivity index (χ0n) is 16.9. The van der Waals surface area contributed by atoms with Crippen molar-refractivity contribution in [3.05, 3.63) is 59.2 Å². The predicted octanol–water partition coefficient (Wildman–Crippen LogP) is 5.11. The largest absolute Gasteiger partial charge is 0.305 e. The van der Waals surface area contributed by atoms with Crippen LogP contribution in [0.25, 0.3) is 0 Å². The molecule has 5 nitrogen and oxygen atoms in total. The zero-order chi connectivity index (χ0) is 19.9. The highest BCUT2D eigenvalue weighted by molar-refractivity contribution is 7.99. The summed E-state index contributed by atoms with van der Waals surface area (Å²) in [5.41, 5.74) is 3.31. The third kappa shape index (κ3) is 5.82. The molecule has 0 aliphatic carbocycles. The lowest BCUT2D eigenvalue weighted by Gasteiger charge is -2.12. The van der Waals surface area contributed by atoms with Gasteiger partial charge < -0.3 is 4.57 Å². The summed E-state index contributed by atoms with van der Waals surface area (Å²) in [7, 11) is 0. The molecular formula is C21H27N5S2. The molecular weight excluding hydrogens is 386 g/mol. The highest BCUT2D eigenvalue weighted by atomic mass is 32.2. The number of aromatic nitrogens is 5. The normalized spacial score (nSPS) is 12.3. The monoisotopic (exact) mass is 413 g/mol. The summed E-state index contributed by atoms with van der Waals surface area (Å²) in [5.74, 6) is 1.70. The number of benzene rings is 1. The van der Waals surface area contributed by atoms with Gasteiger partial charge in [-0.1, -0.05) is 67.7 Å². The second kappa shape index (κ2) is 10.1. The highest BCUT2D eigenvalue weighted by Gasteiger charge is 2.16. The van der Waals surface area contributed by atoms with Gasteiger partial charge in [0.1, 0.15) is 5.82 Å². The number of thioether (sulfide) groups is 2. The molecule has 0 fully saturated rings. The van der Waals surface area contributed by atoms with Crippen LogP contribution in [-0.2, 0) is 18.7 Å². The van der Waals surface area contributed by atoms with E-state index in [4.69, 9.17) is 0 Å². The summed E-state index contributed by atoms with van der Waals surface area (Å²) < 4.78 is 2.26. The Hall–Kier alpha value is -1.86. The fourth-order valence-corrected chi connectivity index (χ4v) is 4.60. The quantitative estimate of drug-likeness (QED) is 0.359. The van der Waals surface area contributed by atoms with Gasteiger partial charge >= 0.3 is 0 Å². The van der Waals surface area contributed by atoms with Gasteiger partial charge in [-0.3, -0.25) is 0 Å². The van der Waals surface area contributed by atoms with Gasteiger partial charge in [0.15, 0.2) is 10.3 Å². The first kappa shape index (κ1) is 20.9. The number of hydrogen-bond donors (Lipinski definition) is 0. The summed E-state index contributed by atoms with van der Waals surface area (Å²) in [6.45, 7) is 9.32. The smallest absolute Gasteiger partial charge is 0.191 e. The molecule has 3 aromatic rings. The summed E-state index contributed by atoms with van der Waals surface area (Å²) >= 11 is 3.42. The van der Waals surface area contributed by atoms with Crippen LogP contribution in [0.15, 0.2) is 46.7 Å². The Morgan fingerprint density at radius 1 is 1.04 bits per heavy atom. The summed E-state index contributed by atoms with van der Waals surface area (Å²) in [6.07, 6.45) is 2.07. The molecule has 3 rings (SSSR count). The van der Waals surface area contributed by atoms with Gasteiger partial charge in [0.25, 0.3) is 0 Å². The molecule has 0 radical (unpaired) electrons. The van der Waals surface area contributed by atoms with E-state index in [2.05, 4.69) is 68.9 Å². The minimum Gasteiger partial charge on any atom is -0.305 e. The maximum atomic E-state index is 4.53. The van der Waals surface area contributed by atoms with Gasteiger partial charge in [-0.25, -0.2) is 9.97 Å². The Labute approximate surface area is 175 Å². The number of aryl methyl sites for hydroxylation is 3. The molecule has 148 valence electrons. The first-order chi connectivity index (χ1) is 13.5. The van der Waals surface area contributed by atoms with E-state index in [9.17, 15) is 0 Å². The second-order valence-electron chi connectivity index (χ2n) is 6.84. The minimum atomic E-state index is 0.517. The zero-order valence-corrected chi connectivity index (χ0v) is 18.6. The lowest BCUT2D eigenvalue weighted by Crippen LogP contribution is -2.09. The Kier molecular flexibility index (Phi) is 7.50. The lowest BCUT2D eigenvalue weighted by atomic mass is 10.1. The lowest BCUT2D eigenvalue weighted by molar-refractivity contribution is 0.614. The Bertz CT molecular complexity index is 875. The molecule has 2 heterocycles. The molecule has 28 heavy (non-hydrogen) atoms. The fraction of sp³-hybridized carbons (Fsp3) is 0.429. The molecule has 0 saturated heterocycles. The molecule has 0 bridgehead atoms. The molecule has 0 amide bonds. The number of nitrogens with zero attached hydrogens (tertiary/aromatic N) is 5.